The number of benzene rings is 2. The van der Waals surface area contributed by atoms with Crippen LogP contribution in [0.1, 0.15) is 0 Å². The van der Waals surface area contributed by atoms with Gasteiger partial charge in [0.2, 0.25) is 0 Å². The third-order valence-electron chi connectivity index (χ3n) is 3.20. The van der Waals surface area contributed by atoms with Gasteiger partial charge >= 0.3 is 0 Å². The van der Waals surface area contributed by atoms with E-state index >= 15 is 0 Å². The van der Waals surface area contributed by atoms with Crippen LogP contribution in [0.25, 0.3) is 20.8 Å². The first-order chi connectivity index (χ1) is 10.7. The molecule has 0 aliphatic heterocycles. The number of aromatic hydroxyl groups is 1. The summed E-state index contributed by atoms with van der Waals surface area (Å²) < 4.78 is 1.05. The largest absolute Gasteiger partial charge is 0.508 e. The summed E-state index contributed by atoms with van der Waals surface area (Å²) in [6.07, 6.45) is -0.568. The zero-order valence-corrected chi connectivity index (χ0v) is 13.2. The maximum absolute atomic E-state index is 9.57. The Morgan fingerprint density at radius 2 is 2.09 bits per heavy atom. The third-order valence-corrected chi connectivity index (χ3v) is 4.62. The third kappa shape index (κ3) is 3.32. The molecule has 4 nitrogen and oxygen atoms in total. The molecule has 0 aliphatic carbocycles. The van der Waals surface area contributed by atoms with Gasteiger partial charge in [0.15, 0.2) is 0 Å². The highest BCUT2D eigenvalue weighted by Crippen LogP contribution is 2.32. The van der Waals surface area contributed by atoms with Gasteiger partial charge in [-0.05, 0) is 30.3 Å². The standard InChI is InChI=1S/C16H15ClN2O2S/c17-8-13(21)9-18-11-4-5-14-15(7-11)22-16(19-14)10-2-1-3-12(20)6-10/h1-7,13,18,20-21H,8-9H2. The SMILES string of the molecule is Oc1cccc(-c2nc3ccc(NCC(O)CCl)cc3s2)c1. The van der Waals surface area contributed by atoms with E-state index in [1.54, 1.807) is 29.5 Å². The summed E-state index contributed by atoms with van der Waals surface area (Å²) >= 11 is 7.14. The van der Waals surface area contributed by atoms with Crippen LogP contribution in [-0.4, -0.2) is 33.7 Å². The number of alkyl halides is 1. The van der Waals surface area contributed by atoms with Gasteiger partial charge in [-0.25, -0.2) is 4.98 Å². The highest BCUT2D eigenvalue weighted by Gasteiger charge is 2.08. The second-order valence-electron chi connectivity index (χ2n) is 4.94. The summed E-state index contributed by atoms with van der Waals surface area (Å²) in [5.41, 5.74) is 2.72. The Labute approximate surface area is 137 Å². The summed E-state index contributed by atoms with van der Waals surface area (Å²) in [5.74, 6) is 0.437. The summed E-state index contributed by atoms with van der Waals surface area (Å²) in [6.45, 7) is 0.410. The number of nitrogens with zero attached hydrogens (tertiary/aromatic N) is 1. The average molecular weight is 335 g/mol. The molecular formula is C16H15ClN2O2S. The fraction of sp³-hybridized carbons (Fsp3) is 0.188. The molecule has 3 rings (SSSR count). The van der Waals surface area contributed by atoms with E-state index in [2.05, 4.69) is 10.3 Å². The summed E-state index contributed by atoms with van der Waals surface area (Å²) in [6, 6.07) is 12.9. The second kappa shape index (κ2) is 6.52. The van der Waals surface area contributed by atoms with Gasteiger partial charge in [0, 0.05) is 17.8 Å². The fourth-order valence-electron chi connectivity index (χ4n) is 2.09. The van der Waals surface area contributed by atoms with Crippen molar-refractivity contribution in [3.63, 3.8) is 0 Å². The average Bonchev–Trinajstić information content (AvgIpc) is 2.95. The Bertz CT molecular complexity index is 791. The van der Waals surface area contributed by atoms with Crippen LogP contribution in [0.5, 0.6) is 5.75 Å². The number of nitrogens with one attached hydrogen (secondary N) is 1. The Hall–Kier alpha value is -1.82. The first kappa shape index (κ1) is 15.1. The number of fused-ring (bicyclic) bond motifs is 1. The molecule has 1 atom stereocenters. The summed E-state index contributed by atoms with van der Waals surface area (Å²) in [7, 11) is 0. The molecule has 114 valence electrons. The molecule has 0 fully saturated rings. The van der Waals surface area contributed by atoms with Gasteiger partial charge in [-0.15, -0.1) is 22.9 Å². The molecule has 0 spiro atoms. The van der Waals surface area contributed by atoms with Crippen molar-refractivity contribution in [3.8, 4) is 16.3 Å². The van der Waals surface area contributed by atoms with Crippen LogP contribution < -0.4 is 5.32 Å². The Morgan fingerprint density at radius 3 is 2.86 bits per heavy atom. The highest BCUT2D eigenvalue weighted by atomic mass is 35.5. The Balaban J connectivity index is 1.87. The molecule has 3 aromatic rings. The van der Waals surface area contributed by atoms with Crippen molar-refractivity contribution < 1.29 is 10.2 Å². The number of hydrogen-bond donors (Lipinski definition) is 3. The van der Waals surface area contributed by atoms with E-state index in [-0.39, 0.29) is 11.6 Å². The molecular weight excluding hydrogens is 320 g/mol. The molecule has 1 unspecified atom stereocenters. The van der Waals surface area contributed by atoms with E-state index in [0.29, 0.717) is 6.54 Å². The molecule has 0 saturated heterocycles. The number of phenols is 1. The van der Waals surface area contributed by atoms with E-state index in [9.17, 15) is 10.2 Å². The lowest BCUT2D eigenvalue weighted by molar-refractivity contribution is 0.211. The van der Waals surface area contributed by atoms with Crippen LogP contribution >= 0.6 is 22.9 Å². The van der Waals surface area contributed by atoms with Crippen molar-refractivity contribution in [3.05, 3.63) is 42.5 Å². The summed E-state index contributed by atoms with van der Waals surface area (Å²) in [4.78, 5) is 4.59. The lowest BCUT2D eigenvalue weighted by Crippen LogP contribution is -2.20. The molecule has 0 amide bonds. The number of halogens is 1. The number of aromatic nitrogens is 1. The predicted octanol–water partition coefficient (Wildman–Crippen LogP) is 3.68. The van der Waals surface area contributed by atoms with E-state index < -0.39 is 6.10 Å². The van der Waals surface area contributed by atoms with Crippen molar-refractivity contribution >= 4 is 38.8 Å². The van der Waals surface area contributed by atoms with Gasteiger partial charge in [0.05, 0.1) is 22.2 Å². The predicted molar refractivity (Wildman–Crippen MR) is 91.9 cm³/mol. The van der Waals surface area contributed by atoms with Gasteiger partial charge < -0.3 is 15.5 Å². The quantitative estimate of drug-likeness (QED) is 0.623. The van der Waals surface area contributed by atoms with Crippen molar-refractivity contribution in [1.29, 1.82) is 0 Å². The maximum atomic E-state index is 9.57. The van der Waals surface area contributed by atoms with E-state index in [4.69, 9.17) is 11.6 Å². The van der Waals surface area contributed by atoms with Crippen molar-refractivity contribution in [2.75, 3.05) is 17.7 Å². The van der Waals surface area contributed by atoms with Crippen molar-refractivity contribution in [1.82, 2.24) is 4.98 Å². The van der Waals surface area contributed by atoms with Crippen LogP contribution in [0.3, 0.4) is 0 Å². The lowest BCUT2D eigenvalue weighted by Gasteiger charge is -2.09. The van der Waals surface area contributed by atoms with E-state index in [0.717, 1.165) is 26.5 Å². The molecule has 1 heterocycles. The number of hydrogen-bond acceptors (Lipinski definition) is 5. The lowest BCUT2D eigenvalue weighted by atomic mass is 10.2. The topological polar surface area (TPSA) is 65.4 Å². The molecule has 0 saturated carbocycles. The number of aliphatic hydroxyl groups is 1. The smallest absolute Gasteiger partial charge is 0.124 e. The summed E-state index contributed by atoms with van der Waals surface area (Å²) in [5, 5.41) is 23.1. The zero-order valence-electron chi connectivity index (χ0n) is 11.7. The molecule has 0 radical (unpaired) electrons. The number of aliphatic hydroxyl groups excluding tert-OH is 1. The van der Waals surface area contributed by atoms with Gasteiger partial charge in [-0.2, -0.15) is 0 Å². The van der Waals surface area contributed by atoms with Crippen LogP contribution in [-0.2, 0) is 0 Å². The zero-order chi connectivity index (χ0) is 15.5. The first-order valence-electron chi connectivity index (χ1n) is 6.83. The minimum Gasteiger partial charge on any atom is -0.508 e. The highest BCUT2D eigenvalue weighted by molar-refractivity contribution is 7.21. The molecule has 22 heavy (non-hydrogen) atoms. The first-order valence-corrected chi connectivity index (χ1v) is 8.18. The molecule has 2 aromatic carbocycles. The number of rotatable bonds is 5. The van der Waals surface area contributed by atoms with Gasteiger partial charge in [0.1, 0.15) is 10.8 Å². The van der Waals surface area contributed by atoms with E-state index in [1.165, 1.54) is 0 Å². The number of anilines is 1. The normalized spacial score (nSPS) is 12.5. The second-order valence-corrected chi connectivity index (χ2v) is 6.28. The minimum atomic E-state index is -0.568. The molecule has 0 aliphatic rings. The van der Waals surface area contributed by atoms with Gasteiger partial charge in [-0.1, -0.05) is 12.1 Å². The Kier molecular flexibility index (Phi) is 4.47. The minimum absolute atomic E-state index is 0.206. The number of phenolic OH excluding ortho intramolecular Hbond substituents is 1. The molecule has 3 N–H and O–H groups in total. The molecule has 0 bridgehead atoms. The van der Waals surface area contributed by atoms with Crippen LogP contribution in [0.4, 0.5) is 5.69 Å². The fourth-order valence-corrected chi connectivity index (χ4v) is 3.20. The van der Waals surface area contributed by atoms with Crippen molar-refractivity contribution in [2.24, 2.45) is 0 Å². The molecule has 6 heteroatoms. The van der Waals surface area contributed by atoms with Gasteiger partial charge in [0.25, 0.3) is 0 Å². The number of thiazole rings is 1. The molecule has 1 aromatic heterocycles. The van der Waals surface area contributed by atoms with Crippen LogP contribution in [0.2, 0.25) is 0 Å². The maximum Gasteiger partial charge on any atom is 0.124 e. The Morgan fingerprint density at radius 1 is 1.23 bits per heavy atom. The van der Waals surface area contributed by atoms with Crippen LogP contribution in [0, 0.1) is 0 Å². The van der Waals surface area contributed by atoms with Crippen LogP contribution in [0.15, 0.2) is 42.5 Å². The van der Waals surface area contributed by atoms with Gasteiger partial charge in [-0.3, -0.25) is 0 Å². The van der Waals surface area contributed by atoms with Crippen molar-refractivity contribution in [2.45, 2.75) is 6.10 Å². The monoisotopic (exact) mass is 334 g/mol. The van der Waals surface area contributed by atoms with E-state index in [1.807, 2.05) is 24.3 Å².